The Labute approximate surface area is 145 Å². The lowest BCUT2D eigenvalue weighted by Crippen LogP contribution is -2.29. The van der Waals surface area contributed by atoms with Crippen LogP contribution in [0.25, 0.3) is 0 Å². The molecule has 2 aromatic carbocycles. The first kappa shape index (κ1) is 18.4. The van der Waals surface area contributed by atoms with Crippen LogP contribution >= 0.6 is 0 Å². The quantitative estimate of drug-likeness (QED) is 0.616. The molecule has 7 heteroatoms. The van der Waals surface area contributed by atoms with Crippen LogP contribution in [0, 0.1) is 17.0 Å². The Bertz CT molecular complexity index is 776. The van der Waals surface area contributed by atoms with Crippen molar-refractivity contribution >= 4 is 11.6 Å². The van der Waals surface area contributed by atoms with Crippen LogP contribution in [-0.4, -0.2) is 31.6 Å². The predicted octanol–water partition coefficient (Wildman–Crippen LogP) is 3.03. The Hall–Kier alpha value is -2.93. The van der Waals surface area contributed by atoms with Gasteiger partial charge < -0.3 is 14.8 Å². The minimum atomic E-state index is -0.471. The van der Waals surface area contributed by atoms with Gasteiger partial charge in [-0.2, -0.15) is 0 Å². The summed E-state index contributed by atoms with van der Waals surface area (Å²) >= 11 is 0. The van der Waals surface area contributed by atoms with Gasteiger partial charge in [-0.25, -0.2) is 0 Å². The molecule has 2 aromatic rings. The molecule has 0 spiro atoms. The SMILES string of the molecule is COc1cccc(C(CNC(=O)c2ccc([N+](=O)[O-])c(C)c2)OC)c1. The van der Waals surface area contributed by atoms with E-state index in [4.69, 9.17) is 9.47 Å². The number of ether oxygens (including phenoxy) is 2. The van der Waals surface area contributed by atoms with Crippen molar-refractivity contribution in [1.82, 2.24) is 5.32 Å². The number of amides is 1. The van der Waals surface area contributed by atoms with Gasteiger partial charge in [0.05, 0.1) is 18.1 Å². The van der Waals surface area contributed by atoms with Gasteiger partial charge in [0.1, 0.15) is 5.75 Å². The summed E-state index contributed by atoms with van der Waals surface area (Å²) in [6.45, 7) is 1.86. The fraction of sp³-hybridized carbons (Fsp3) is 0.278. The minimum absolute atomic E-state index is 0.0114. The highest BCUT2D eigenvalue weighted by Crippen LogP contribution is 2.22. The Morgan fingerprint density at radius 2 is 2.00 bits per heavy atom. The zero-order valence-electron chi connectivity index (χ0n) is 14.3. The summed E-state index contributed by atoms with van der Waals surface area (Å²) in [5.74, 6) is 0.389. The lowest BCUT2D eigenvalue weighted by Gasteiger charge is -2.17. The van der Waals surface area contributed by atoms with E-state index in [1.807, 2.05) is 24.3 Å². The van der Waals surface area contributed by atoms with Crippen LogP contribution < -0.4 is 10.1 Å². The zero-order chi connectivity index (χ0) is 18.4. The fourth-order valence-corrected chi connectivity index (χ4v) is 2.47. The predicted molar refractivity (Wildman–Crippen MR) is 92.9 cm³/mol. The molecule has 0 saturated carbocycles. The number of aryl methyl sites for hydroxylation is 1. The molecule has 7 nitrogen and oxygen atoms in total. The van der Waals surface area contributed by atoms with Crippen molar-refractivity contribution in [1.29, 1.82) is 0 Å². The smallest absolute Gasteiger partial charge is 0.272 e. The second-order valence-electron chi connectivity index (χ2n) is 5.47. The van der Waals surface area contributed by atoms with Gasteiger partial charge in [0, 0.05) is 30.8 Å². The van der Waals surface area contributed by atoms with Crippen LogP contribution in [-0.2, 0) is 4.74 Å². The summed E-state index contributed by atoms with van der Waals surface area (Å²) < 4.78 is 10.6. The van der Waals surface area contributed by atoms with Gasteiger partial charge in [0.25, 0.3) is 11.6 Å². The summed E-state index contributed by atoms with van der Waals surface area (Å²) in [5.41, 5.74) is 1.67. The monoisotopic (exact) mass is 344 g/mol. The third-order valence-corrected chi connectivity index (χ3v) is 3.85. The molecule has 25 heavy (non-hydrogen) atoms. The third kappa shape index (κ3) is 4.54. The number of hydrogen-bond donors (Lipinski definition) is 1. The average molecular weight is 344 g/mol. The van der Waals surface area contributed by atoms with Crippen LogP contribution in [0.15, 0.2) is 42.5 Å². The van der Waals surface area contributed by atoms with Gasteiger partial charge >= 0.3 is 0 Å². The molecule has 1 amide bonds. The highest BCUT2D eigenvalue weighted by atomic mass is 16.6. The maximum Gasteiger partial charge on any atom is 0.272 e. The van der Waals surface area contributed by atoms with Gasteiger partial charge in [0.2, 0.25) is 0 Å². The Kier molecular flexibility index (Phi) is 6.08. The van der Waals surface area contributed by atoms with E-state index in [0.29, 0.717) is 16.9 Å². The molecule has 0 heterocycles. The van der Waals surface area contributed by atoms with Crippen LogP contribution in [0.3, 0.4) is 0 Å². The van der Waals surface area contributed by atoms with E-state index >= 15 is 0 Å². The molecular formula is C18H20N2O5. The first-order valence-electron chi connectivity index (χ1n) is 7.66. The van der Waals surface area contributed by atoms with Crippen molar-refractivity contribution in [2.75, 3.05) is 20.8 Å². The van der Waals surface area contributed by atoms with Gasteiger partial charge in [-0.05, 0) is 36.8 Å². The van der Waals surface area contributed by atoms with E-state index in [1.54, 1.807) is 21.1 Å². The normalized spacial score (nSPS) is 11.6. The molecule has 2 rings (SSSR count). The average Bonchev–Trinajstić information content (AvgIpc) is 2.61. The molecule has 0 aliphatic heterocycles. The van der Waals surface area contributed by atoms with Crippen molar-refractivity contribution in [2.24, 2.45) is 0 Å². The van der Waals surface area contributed by atoms with Crippen molar-refractivity contribution in [3.8, 4) is 5.75 Å². The number of methoxy groups -OCH3 is 2. The van der Waals surface area contributed by atoms with E-state index in [9.17, 15) is 14.9 Å². The molecule has 0 aromatic heterocycles. The number of nitrogens with zero attached hydrogens (tertiary/aromatic N) is 1. The molecule has 1 N–H and O–H groups in total. The van der Waals surface area contributed by atoms with Gasteiger partial charge in [-0.1, -0.05) is 12.1 Å². The van der Waals surface area contributed by atoms with Crippen LogP contribution in [0.5, 0.6) is 5.75 Å². The van der Waals surface area contributed by atoms with Gasteiger partial charge in [0.15, 0.2) is 0 Å². The lowest BCUT2D eigenvalue weighted by molar-refractivity contribution is -0.385. The minimum Gasteiger partial charge on any atom is -0.497 e. The molecule has 0 fully saturated rings. The van der Waals surface area contributed by atoms with E-state index < -0.39 is 4.92 Å². The van der Waals surface area contributed by atoms with Crippen LogP contribution in [0.2, 0.25) is 0 Å². The molecule has 1 atom stereocenters. The van der Waals surface area contributed by atoms with Crippen molar-refractivity contribution in [3.63, 3.8) is 0 Å². The molecule has 0 bridgehead atoms. The van der Waals surface area contributed by atoms with E-state index in [-0.39, 0.29) is 24.2 Å². The summed E-state index contributed by atoms with van der Waals surface area (Å²) in [6, 6.07) is 11.7. The number of nitrogens with one attached hydrogen (secondary N) is 1. The molecular weight excluding hydrogens is 324 g/mol. The number of benzene rings is 2. The molecule has 1 unspecified atom stereocenters. The van der Waals surface area contributed by atoms with Crippen LogP contribution in [0.1, 0.15) is 27.6 Å². The number of rotatable bonds is 7. The van der Waals surface area contributed by atoms with Crippen LogP contribution in [0.4, 0.5) is 5.69 Å². The second kappa shape index (κ2) is 8.25. The largest absolute Gasteiger partial charge is 0.497 e. The number of carbonyl (C=O) groups excluding carboxylic acids is 1. The second-order valence-corrected chi connectivity index (χ2v) is 5.47. The highest BCUT2D eigenvalue weighted by Gasteiger charge is 2.16. The van der Waals surface area contributed by atoms with E-state index in [0.717, 1.165) is 5.56 Å². The topological polar surface area (TPSA) is 90.7 Å². The maximum absolute atomic E-state index is 12.3. The maximum atomic E-state index is 12.3. The van der Waals surface area contributed by atoms with Gasteiger partial charge in [-0.3, -0.25) is 14.9 Å². The molecule has 132 valence electrons. The summed E-state index contributed by atoms with van der Waals surface area (Å²) in [4.78, 5) is 22.7. The van der Waals surface area contributed by atoms with Crippen molar-refractivity contribution in [2.45, 2.75) is 13.0 Å². The molecule has 0 radical (unpaired) electrons. The fourth-order valence-electron chi connectivity index (χ4n) is 2.47. The number of nitro benzene ring substituents is 1. The number of nitro groups is 1. The standard InChI is InChI=1S/C18H20N2O5/c1-12-9-14(7-8-16(12)20(22)23)18(21)19-11-17(25-3)13-5-4-6-15(10-13)24-2/h4-10,17H,11H2,1-3H3,(H,19,21). The molecule has 0 aliphatic rings. The lowest BCUT2D eigenvalue weighted by atomic mass is 10.1. The first-order chi connectivity index (χ1) is 12.0. The third-order valence-electron chi connectivity index (χ3n) is 3.85. The first-order valence-corrected chi connectivity index (χ1v) is 7.66. The van der Waals surface area contributed by atoms with Crippen molar-refractivity contribution < 1.29 is 19.2 Å². The number of hydrogen-bond acceptors (Lipinski definition) is 5. The number of carbonyl (C=O) groups is 1. The Morgan fingerprint density at radius 1 is 1.24 bits per heavy atom. The molecule has 0 aliphatic carbocycles. The molecule has 0 saturated heterocycles. The van der Waals surface area contributed by atoms with E-state index in [1.165, 1.54) is 18.2 Å². The van der Waals surface area contributed by atoms with E-state index in [2.05, 4.69) is 5.32 Å². The Morgan fingerprint density at radius 3 is 2.60 bits per heavy atom. The zero-order valence-corrected chi connectivity index (χ0v) is 14.3. The van der Waals surface area contributed by atoms with Crippen molar-refractivity contribution in [3.05, 3.63) is 69.3 Å². The highest BCUT2D eigenvalue weighted by molar-refractivity contribution is 5.94. The summed E-state index contributed by atoms with van der Waals surface area (Å²) in [7, 11) is 3.14. The van der Waals surface area contributed by atoms with Gasteiger partial charge in [-0.15, -0.1) is 0 Å². The Balaban J connectivity index is 2.07. The summed E-state index contributed by atoms with van der Waals surface area (Å²) in [6.07, 6.45) is -0.335. The summed E-state index contributed by atoms with van der Waals surface area (Å²) in [5, 5.41) is 13.6.